The first kappa shape index (κ1) is 15.3. The molecule has 6 heteroatoms. The molecule has 0 fully saturated rings. The number of hydrogen-bond donors (Lipinski definition) is 3. The summed E-state index contributed by atoms with van der Waals surface area (Å²) in [7, 11) is 0. The van der Waals surface area contributed by atoms with Crippen LogP contribution in [-0.2, 0) is 4.79 Å². The van der Waals surface area contributed by atoms with E-state index in [-0.39, 0.29) is 10.6 Å². The number of aromatic amines is 1. The molecule has 3 aromatic rings. The number of benzene rings is 2. The number of carbonyl (C=O) groups is 1. The number of aromatic nitrogens is 1. The maximum absolute atomic E-state index is 12.2. The van der Waals surface area contributed by atoms with Crippen molar-refractivity contribution in [2.45, 2.75) is 6.10 Å². The monoisotopic (exact) mass is 328 g/mol. The van der Waals surface area contributed by atoms with Gasteiger partial charge in [-0.2, -0.15) is 0 Å². The van der Waals surface area contributed by atoms with Gasteiger partial charge in [-0.05, 0) is 29.1 Å². The van der Waals surface area contributed by atoms with Gasteiger partial charge in [-0.15, -0.1) is 0 Å². The van der Waals surface area contributed by atoms with Crippen LogP contribution < -0.4 is 10.9 Å². The molecule has 1 atom stereocenters. The smallest absolute Gasteiger partial charge is 0.257 e. The van der Waals surface area contributed by atoms with Crippen LogP contribution in [0.3, 0.4) is 0 Å². The lowest BCUT2D eigenvalue weighted by molar-refractivity contribution is -0.124. The van der Waals surface area contributed by atoms with E-state index in [1.165, 1.54) is 12.3 Å². The van der Waals surface area contributed by atoms with Crippen molar-refractivity contribution in [2.24, 2.45) is 0 Å². The number of anilines is 1. The van der Waals surface area contributed by atoms with Gasteiger partial charge in [0.1, 0.15) is 0 Å². The third-order valence-corrected chi connectivity index (χ3v) is 3.80. The molecule has 3 N–H and O–H groups in total. The van der Waals surface area contributed by atoms with Gasteiger partial charge in [0.15, 0.2) is 6.10 Å². The Morgan fingerprint density at radius 1 is 1.17 bits per heavy atom. The molecule has 0 saturated heterocycles. The second-order valence-electron chi connectivity index (χ2n) is 5.03. The van der Waals surface area contributed by atoms with Gasteiger partial charge in [-0.1, -0.05) is 41.9 Å². The standard InChI is InChI=1S/C17H13ClN2O3/c18-13-9-12-11(6-7-19-16(12)22)8-14(13)20-17(23)15(21)10-4-2-1-3-5-10/h1-9,15,21H,(H,19,22)(H,20,23)/t15-/m0/s1. The first-order chi connectivity index (χ1) is 11.1. The summed E-state index contributed by atoms with van der Waals surface area (Å²) in [5.74, 6) is -0.595. The Bertz CT molecular complexity index is 922. The summed E-state index contributed by atoms with van der Waals surface area (Å²) in [6, 6.07) is 13.4. The van der Waals surface area contributed by atoms with Crippen LogP contribution in [0.2, 0.25) is 5.02 Å². The van der Waals surface area contributed by atoms with Crippen LogP contribution in [0.1, 0.15) is 11.7 Å². The fourth-order valence-corrected chi connectivity index (χ4v) is 2.50. The Labute approximate surface area is 136 Å². The minimum Gasteiger partial charge on any atom is -0.378 e. The van der Waals surface area contributed by atoms with Crippen molar-refractivity contribution in [1.82, 2.24) is 4.98 Å². The van der Waals surface area contributed by atoms with Crippen molar-refractivity contribution in [2.75, 3.05) is 5.32 Å². The van der Waals surface area contributed by atoms with Gasteiger partial charge in [-0.3, -0.25) is 9.59 Å². The summed E-state index contributed by atoms with van der Waals surface area (Å²) >= 11 is 6.12. The highest BCUT2D eigenvalue weighted by Crippen LogP contribution is 2.27. The van der Waals surface area contributed by atoms with Crippen molar-refractivity contribution >= 4 is 34.0 Å². The van der Waals surface area contributed by atoms with E-state index >= 15 is 0 Å². The van der Waals surface area contributed by atoms with E-state index in [2.05, 4.69) is 10.3 Å². The number of H-pyrrole nitrogens is 1. The second-order valence-corrected chi connectivity index (χ2v) is 5.44. The number of aliphatic hydroxyl groups excluding tert-OH is 1. The molecule has 23 heavy (non-hydrogen) atoms. The van der Waals surface area contributed by atoms with E-state index in [4.69, 9.17) is 11.6 Å². The molecule has 0 aliphatic rings. The molecule has 0 aliphatic carbocycles. The van der Waals surface area contributed by atoms with E-state index in [9.17, 15) is 14.7 Å². The average molecular weight is 329 g/mol. The zero-order chi connectivity index (χ0) is 16.4. The van der Waals surface area contributed by atoms with Gasteiger partial charge in [0, 0.05) is 11.6 Å². The van der Waals surface area contributed by atoms with Gasteiger partial charge < -0.3 is 15.4 Å². The number of halogens is 1. The second kappa shape index (κ2) is 6.24. The van der Waals surface area contributed by atoms with E-state index in [0.29, 0.717) is 22.0 Å². The highest BCUT2D eigenvalue weighted by Gasteiger charge is 2.18. The fourth-order valence-electron chi connectivity index (χ4n) is 2.29. The molecular weight excluding hydrogens is 316 g/mol. The molecular formula is C17H13ClN2O3. The summed E-state index contributed by atoms with van der Waals surface area (Å²) in [6.07, 6.45) is 0.213. The van der Waals surface area contributed by atoms with Crippen LogP contribution in [0.15, 0.2) is 59.5 Å². The van der Waals surface area contributed by atoms with Gasteiger partial charge in [0.05, 0.1) is 10.7 Å². The number of amides is 1. The summed E-state index contributed by atoms with van der Waals surface area (Å²) in [4.78, 5) is 26.5. The predicted octanol–water partition coefficient (Wildman–Crippen LogP) is 2.85. The molecule has 116 valence electrons. The van der Waals surface area contributed by atoms with Crippen molar-refractivity contribution < 1.29 is 9.90 Å². The number of pyridine rings is 1. The third kappa shape index (κ3) is 3.11. The lowest BCUT2D eigenvalue weighted by Gasteiger charge is -2.13. The van der Waals surface area contributed by atoms with Crippen LogP contribution in [-0.4, -0.2) is 16.0 Å². The zero-order valence-electron chi connectivity index (χ0n) is 11.9. The minimum atomic E-state index is -1.30. The number of carbonyl (C=O) groups excluding carboxylic acids is 1. The van der Waals surface area contributed by atoms with Crippen LogP contribution in [0.5, 0.6) is 0 Å². The van der Waals surface area contributed by atoms with Crippen molar-refractivity contribution in [3.8, 4) is 0 Å². The number of rotatable bonds is 3. The molecule has 0 radical (unpaired) electrons. The number of fused-ring (bicyclic) bond motifs is 1. The molecule has 2 aromatic carbocycles. The Balaban J connectivity index is 1.91. The molecule has 0 aliphatic heterocycles. The van der Waals surface area contributed by atoms with E-state index in [1.807, 2.05) is 0 Å². The molecule has 0 saturated carbocycles. The SMILES string of the molecule is O=C(Nc1cc2cc[nH]c(=O)c2cc1Cl)[C@@H](O)c1ccccc1. The molecule has 0 bridgehead atoms. The molecule has 0 spiro atoms. The summed E-state index contributed by atoms with van der Waals surface area (Å²) in [5.41, 5.74) is 0.565. The molecule has 3 rings (SSSR count). The molecule has 0 unspecified atom stereocenters. The minimum absolute atomic E-state index is 0.225. The first-order valence-corrected chi connectivity index (χ1v) is 7.29. The highest BCUT2D eigenvalue weighted by molar-refractivity contribution is 6.34. The highest BCUT2D eigenvalue weighted by atomic mass is 35.5. The lowest BCUT2D eigenvalue weighted by Crippen LogP contribution is -2.21. The Kier molecular flexibility index (Phi) is 4.14. The maximum atomic E-state index is 12.2. The Morgan fingerprint density at radius 3 is 2.65 bits per heavy atom. The van der Waals surface area contributed by atoms with Crippen molar-refractivity contribution in [3.05, 3.63) is 75.7 Å². The molecule has 1 heterocycles. The van der Waals surface area contributed by atoms with Crippen LogP contribution in [0.25, 0.3) is 10.8 Å². The van der Waals surface area contributed by atoms with Crippen LogP contribution in [0.4, 0.5) is 5.69 Å². The van der Waals surface area contributed by atoms with Crippen molar-refractivity contribution in [1.29, 1.82) is 0 Å². The van der Waals surface area contributed by atoms with E-state index in [1.54, 1.807) is 42.5 Å². The van der Waals surface area contributed by atoms with Gasteiger partial charge in [-0.25, -0.2) is 0 Å². The van der Waals surface area contributed by atoms with Crippen molar-refractivity contribution in [3.63, 3.8) is 0 Å². The number of hydrogen-bond acceptors (Lipinski definition) is 3. The number of nitrogens with one attached hydrogen (secondary N) is 2. The quantitative estimate of drug-likeness (QED) is 0.691. The zero-order valence-corrected chi connectivity index (χ0v) is 12.7. The average Bonchev–Trinajstić information content (AvgIpc) is 2.56. The first-order valence-electron chi connectivity index (χ1n) is 6.91. The molecule has 5 nitrogen and oxygen atoms in total. The van der Waals surface area contributed by atoms with E-state index in [0.717, 1.165) is 0 Å². The third-order valence-electron chi connectivity index (χ3n) is 3.48. The number of aliphatic hydroxyl groups is 1. The summed E-state index contributed by atoms with van der Waals surface area (Å²) in [6.45, 7) is 0. The fraction of sp³-hybridized carbons (Fsp3) is 0.0588. The van der Waals surface area contributed by atoms with E-state index < -0.39 is 12.0 Å². The van der Waals surface area contributed by atoms with Gasteiger partial charge in [0.25, 0.3) is 11.5 Å². The van der Waals surface area contributed by atoms with Crippen LogP contribution in [0, 0.1) is 0 Å². The molecule has 1 aromatic heterocycles. The van der Waals surface area contributed by atoms with Gasteiger partial charge >= 0.3 is 0 Å². The topological polar surface area (TPSA) is 82.2 Å². The predicted molar refractivity (Wildman–Crippen MR) is 89.6 cm³/mol. The summed E-state index contributed by atoms with van der Waals surface area (Å²) < 4.78 is 0. The maximum Gasteiger partial charge on any atom is 0.257 e. The summed E-state index contributed by atoms with van der Waals surface area (Å²) in [5, 5.41) is 14.0. The van der Waals surface area contributed by atoms with Gasteiger partial charge in [0.2, 0.25) is 0 Å². The Hall–Kier alpha value is -2.63. The molecule has 1 amide bonds. The largest absolute Gasteiger partial charge is 0.378 e. The van der Waals surface area contributed by atoms with Crippen LogP contribution >= 0.6 is 11.6 Å². The normalized spacial score (nSPS) is 12.1. The Morgan fingerprint density at radius 2 is 1.91 bits per heavy atom. The lowest BCUT2D eigenvalue weighted by atomic mass is 10.1.